The van der Waals surface area contributed by atoms with Crippen molar-refractivity contribution in [2.75, 3.05) is 38.2 Å². The number of hydrogen-bond acceptors (Lipinski definition) is 6. The molecule has 0 aromatic rings. The maximum Gasteiger partial charge on any atom is 0.215 e. The molecule has 0 aliphatic carbocycles. The summed E-state index contributed by atoms with van der Waals surface area (Å²) in [5, 5.41) is -0.621. The molecule has 0 aromatic heterocycles. The van der Waals surface area contributed by atoms with Crippen LogP contribution in [0.25, 0.3) is 0 Å². The zero-order valence-corrected chi connectivity index (χ0v) is 14.0. The van der Waals surface area contributed by atoms with Gasteiger partial charge in [-0.05, 0) is 45.8 Å². The Kier molecular flexibility index (Phi) is 4.99. The Labute approximate surface area is 127 Å². The molecule has 9 heteroatoms. The van der Waals surface area contributed by atoms with Crippen LogP contribution in [0.5, 0.6) is 0 Å². The second kappa shape index (κ2) is 6.11. The molecule has 124 valence electrons. The van der Waals surface area contributed by atoms with Crippen molar-refractivity contribution in [3.05, 3.63) is 0 Å². The molecule has 2 rings (SSSR count). The molecule has 0 radical (unpaired) electrons. The lowest BCUT2D eigenvalue weighted by molar-refractivity contribution is 0.181. The molecule has 7 nitrogen and oxygen atoms in total. The van der Waals surface area contributed by atoms with Crippen LogP contribution in [0.1, 0.15) is 25.7 Å². The van der Waals surface area contributed by atoms with Crippen molar-refractivity contribution in [1.82, 2.24) is 9.62 Å². The summed E-state index contributed by atoms with van der Waals surface area (Å²) in [6.45, 7) is 1.88. The van der Waals surface area contributed by atoms with Crippen LogP contribution in [0.15, 0.2) is 0 Å². The Bertz CT molecular complexity index is 551. The fourth-order valence-corrected chi connectivity index (χ4v) is 6.66. The number of sulfonamides is 1. The second-order valence-corrected chi connectivity index (χ2v) is 10.6. The molecule has 2 fully saturated rings. The normalized spacial score (nSPS) is 27.5. The predicted octanol–water partition coefficient (Wildman–Crippen LogP) is -1.09. The van der Waals surface area contributed by atoms with Gasteiger partial charge in [0, 0.05) is 12.1 Å². The van der Waals surface area contributed by atoms with Gasteiger partial charge in [-0.1, -0.05) is 0 Å². The summed E-state index contributed by atoms with van der Waals surface area (Å²) in [6.07, 6.45) is 1.73. The van der Waals surface area contributed by atoms with E-state index in [0.29, 0.717) is 12.8 Å². The minimum atomic E-state index is -3.53. The summed E-state index contributed by atoms with van der Waals surface area (Å²) < 4.78 is 50.7. The first-order chi connectivity index (χ1) is 9.68. The van der Waals surface area contributed by atoms with Gasteiger partial charge in [0.05, 0.1) is 16.8 Å². The van der Waals surface area contributed by atoms with Crippen molar-refractivity contribution in [2.24, 2.45) is 5.73 Å². The average Bonchev–Trinajstić information content (AvgIpc) is 2.41. The molecule has 0 amide bonds. The lowest BCUT2D eigenvalue weighted by atomic mass is 9.89. The van der Waals surface area contributed by atoms with Gasteiger partial charge >= 0.3 is 0 Å². The summed E-state index contributed by atoms with van der Waals surface area (Å²) in [6, 6.07) is 0. The minimum absolute atomic E-state index is 0.0447. The first-order valence-corrected chi connectivity index (χ1v) is 10.7. The summed E-state index contributed by atoms with van der Waals surface area (Å²) in [5.74, 6) is -0.0894. The number of nitrogens with two attached hydrogens (primary N) is 1. The van der Waals surface area contributed by atoms with Crippen LogP contribution in [0.4, 0.5) is 0 Å². The molecule has 2 aliphatic rings. The van der Waals surface area contributed by atoms with Crippen molar-refractivity contribution < 1.29 is 16.8 Å². The van der Waals surface area contributed by atoms with Gasteiger partial charge < -0.3 is 10.6 Å². The molecule has 0 unspecified atom stereocenters. The number of sulfone groups is 1. The van der Waals surface area contributed by atoms with Crippen molar-refractivity contribution in [3.63, 3.8) is 0 Å². The van der Waals surface area contributed by atoms with Crippen LogP contribution in [-0.2, 0) is 19.9 Å². The van der Waals surface area contributed by atoms with E-state index >= 15 is 0 Å². The predicted molar refractivity (Wildman–Crippen MR) is 82.2 cm³/mol. The first-order valence-electron chi connectivity index (χ1n) is 7.30. The van der Waals surface area contributed by atoms with Gasteiger partial charge in [-0.15, -0.1) is 0 Å². The largest absolute Gasteiger partial charge is 0.329 e. The molecule has 0 saturated carbocycles. The fourth-order valence-electron chi connectivity index (χ4n) is 2.96. The van der Waals surface area contributed by atoms with Crippen LogP contribution >= 0.6 is 0 Å². The summed E-state index contributed by atoms with van der Waals surface area (Å²) in [7, 11) is -4.59. The minimum Gasteiger partial charge on any atom is -0.329 e. The van der Waals surface area contributed by atoms with E-state index in [1.807, 2.05) is 7.05 Å². The highest BCUT2D eigenvalue weighted by molar-refractivity contribution is 7.92. The van der Waals surface area contributed by atoms with Gasteiger partial charge in [-0.3, -0.25) is 0 Å². The highest BCUT2D eigenvalue weighted by atomic mass is 32.2. The van der Waals surface area contributed by atoms with Gasteiger partial charge in [0.2, 0.25) is 10.0 Å². The number of nitrogens with one attached hydrogen (secondary N) is 1. The highest BCUT2D eigenvalue weighted by Crippen LogP contribution is 2.25. The Balaban J connectivity index is 2.06. The van der Waals surface area contributed by atoms with Crippen molar-refractivity contribution in [2.45, 2.75) is 36.5 Å². The maximum absolute atomic E-state index is 12.5. The van der Waals surface area contributed by atoms with E-state index in [0.717, 1.165) is 13.1 Å². The Morgan fingerprint density at radius 2 is 1.76 bits per heavy atom. The van der Waals surface area contributed by atoms with E-state index in [-0.39, 0.29) is 30.9 Å². The third kappa shape index (κ3) is 4.16. The van der Waals surface area contributed by atoms with Crippen LogP contribution in [0.3, 0.4) is 0 Å². The van der Waals surface area contributed by atoms with Crippen molar-refractivity contribution in [3.8, 4) is 0 Å². The van der Waals surface area contributed by atoms with Crippen LogP contribution in [-0.4, -0.2) is 70.7 Å². The van der Waals surface area contributed by atoms with Crippen LogP contribution in [0, 0.1) is 0 Å². The van der Waals surface area contributed by atoms with E-state index in [2.05, 4.69) is 9.62 Å². The molecular weight excluding hydrogens is 314 g/mol. The molecular formula is C12H25N3O4S2. The van der Waals surface area contributed by atoms with Crippen LogP contribution < -0.4 is 10.5 Å². The molecule has 21 heavy (non-hydrogen) atoms. The lowest BCUT2D eigenvalue weighted by Crippen LogP contribution is -2.60. The van der Waals surface area contributed by atoms with Crippen LogP contribution in [0.2, 0.25) is 0 Å². The van der Waals surface area contributed by atoms with Crippen molar-refractivity contribution >= 4 is 19.9 Å². The van der Waals surface area contributed by atoms with Gasteiger partial charge in [0.1, 0.15) is 9.84 Å². The topological polar surface area (TPSA) is 110 Å². The van der Waals surface area contributed by atoms with Gasteiger partial charge in [0.15, 0.2) is 0 Å². The fraction of sp³-hybridized carbons (Fsp3) is 1.00. The standard InChI is InChI=1S/C12H25N3O4S2/c1-15-6-4-12(10-13,5-7-15)14-21(18,19)11-2-8-20(16,17)9-3-11/h11,14H,2-10,13H2,1H3. The lowest BCUT2D eigenvalue weighted by Gasteiger charge is -2.41. The quantitative estimate of drug-likeness (QED) is 0.673. The number of rotatable bonds is 4. The number of nitrogens with zero attached hydrogens (tertiary/aromatic N) is 1. The number of piperidine rings is 1. The van der Waals surface area contributed by atoms with E-state index in [1.165, 1.54) is 0 Å². The van der Waals surface area contributed by atoms with E-state index in [9.17, 15) is 16.8 Å². The summed E-state index contributed by atoms with van der Waals surface area (Å²) in [5.41, 5.74) is 5.24. The smallest absolute Gasteiger partial charge is 0.215 e. The molecule has 0 atom stereocenters. The molecule has 0 bridgehead atoms. The molecule has 3 N–H and O–H groups in total. The SMILES string of the molecule is CN1CCC(CN)(NS(=O)(=O)C2CCS(=O)(=O)CC2)CC1. The number of hydrogen-bond donors (Lipinski definition) is 2. The summed E-state index contributed by atoms with van der Waals surface area (Å²) in [4.78, 5) is 2.15. The third-order valence-electron chi connectivity index (χ3n) is 4.63. The zero-order chi connectivity index (χ0) is 15.7. The summed E-state index contributed by atoms with van der Waals surface area (Å²) >= 11 is 0. The van der Waals surface area contributed by atoms with Gasteiger partial charge in [-0.2, -0.15) is 0 Å². The Morgan fingerprint density at radius 1 is 1.24 bits per heavy atom. The Morgan fingerprint density at radius 3 is 2.24 bits per heavy atom. The highest BCUT2D eigenvalue weighted by Gasteiger charge is 2.40. The maximum atomic E-state index is 12.5. The Hall–Kier alpha value is -0.220. The number of likely N-dealkylation sites (tertiary alicyclic amines) is 1. The molecule has 0 spiro atoms. The second-order valence-electron chi connectivity index (χ2n) is 6.29. The molecule has 2 heterocycles. The molecule has 2 aliphatic heterocycles. The molecule has 0 aromatic carbocycles. The van der Waals surface area contributed by atoms with E-state index < -0.39 is 30.6 Å². The zero-order valence-electron chi connectivity index (χ0n) is 12.4. The third-order valence-corrected chi connectivity index (χ3v) is 8.42. The first kappa shape index (κ1) is 17.1. The molecule has 2 saturated heterocycles. The van der Waals surface area contributed by atoms with E-state index in [1.54, 1.807) is 0 Å². The van der Waals surface area contributed by atoms with Crippen molar-refractivity contribution in [1.29, 1.82) is 0 Å². The monoisotopic (exact) mass is 339 g/mol. The van der Waals surface area contributed by atoms with Gasteiger partial charge in [0.25, 0.3) is 0 Å². The van der Waals surface area contributed by atoms with E-state index in [4.69, 9.17) is 5.73 Å². The average molecular weight is 339 g/mol. The van der Waals surface area contributed by atoms with Gasteiger partial charge in [-0.25, -0.2) is 21.6 Å².